The molecule has 1 amide bonds. The second-order valence-corrected chi connectivity index (χ2v) is 5.36. The normalized spacial score (nSPS) is 10.0. The van der Waals surface area contributed by atoms with Crippen LogP contribution in [0.1, 0.15) is 23.6 Å². The van der Waals surface area contributed by atoms with E-state index in [0.717, 1.165) is 5.56 Å². The Bertz CT molecular complexity index is 800. The molecule has 0 saturated carbocycles. The van der Waals surface area contributed by atoms with Gasteiger partial charge in [-0.15, -0.1) is 0 Å². The van der Waals surface area contributed by atoms with E-state index in [-0.39, 0.29) is 24.9 Å². The zero-order valence-corrected chi connectivity index (χ0v) is 14.1. The van der Waals surface area contributed by atoms with Gasteiger partial charge in [-0.2, -0.15) is 5.26 Å². The maximum atomic E-state index is 13.2. The average molecular weight is 342 g/mol. The quantitative estimate of drug-likeness (QED) is 0.839. The van der Waals surface area contributed by atoms with Crippen molar-refractivity contribution in [2.75, 3.05) is 13.2 Å². The van der Waals surface area contributed by atoms with Crippen molar-refractivity contribution in [1.82, 2.24) is 5.32 Å². The number of nitrogens with zero attached hydrogens (tertiary/aromatic N) is 1. The van der Waals surface area contributed by atoms with Crippen molar-refractivity contribution < 1.29 is 18.7 Å². The molecule has 0 spiro atoms. The molecule has 0 saturated heterocycles. The Labute approximate surface area is 146 Å². The smallest absolute Gasteiger partial charge is 0.258 e. The first-order valence-electron chi connectivity index (χ1n) is 7.85. The summed E-state index contributed by atoms with van der Waals surface area (Å²) in [6.07, 6.45) is 0. The minimum Gasteiger partial charge on any atom is -0.490 e. The summed E-state index contributed by atoms with van der Waals surface area (Å²) in [6, 6.07) is 11.5. The fraction of sp³-hybridized carbons (Fsp3) is 0.263. The number of aryl methyl sites for hydroxylation is 1. The van der Waals surface area contributed by atoms with Crippen LogP contribution in [0.2, 0.25) is 0 Å². The summed E-state index contributed by atoms with van der Waals surface area (Å²) in [6.45, 7) is 4.01. The Hall–Kier alpha value is -3.07. The van der Waals surface area contributed by atoms with Crippen LogP contribution < -0.4 is 14.8 Å². The Morgan fingerprint density at radius 2 is 2.00 bits per heavy atom. The summed E-state index contributed by atoms with van der Waals surface area (Å²) >= 11 is 0. The fourth-order valence-electron chi connectivity index (χ4n) is 2.18. The second-order valence-electron chi connectivity index (χ2n) is 5.36. The van der Waals surface area contributed by atoms with Crippen LogP contribution in [-0.4, -0.2) is 19.1 Å². The van der Waals surface area contributed by atoms with Crippen molar-refractivity contribution in [2.45, 2.75) is 20.4 Å². The van der Waals surface area contributed by atoms with E-state index in [2.05, 4.69) is 5.32 Å². The van der Waals surface area contributed by atoms with Gasteiger partial charge in [-0.05, 0) is 43.2 Å². The van der Waals surface area contributed by atoms with Crippen molar-refractivity contribution in [3.63, 3.8) is 0 Å². The molecule has 0 atom stereocenters. The van der Waals surface area contributed by atoms with E-state index in [9.17, 15) is 9.18 Å². The van der Waals surface area contributed by atoms with E-state index in [4.69, 9.17) is 14.7 Å². The highest BCUT2D eigenvalue weighted by atomic mass is 19.1. The summed E-state index contributed by atoms with van der Waals surface area (Å²) in [4.78, 5) is 11.9. The molecule has 0 unspecified atom stereocenters. The third kappa shape index (κ3) is 5.21. The van der Waals surface area contributed by atoms with Gasteiger partial charge in [0.25, 0.3) is 5.91 Å². The summed E-state index contributed by atoms with van der Waals surface area (Å²) in [5, 5.41) is 11.6. The van der Waals surface area contributed by atoms with Gasteiger partial charge in [0.15, 0.2) is 18.1 Å². The summed E-state index contributed by atoms with van der Waals surface area (Å²) in [7, 11) is 0. The van der Waals surface area contributed by atoms with E-state index in [1.165, 1.54) is 6.07 Å². The Balaban J connectivity index is 1.91. The van der Waals surface area contributed by atoms with Crippen LogP contribution in [0.5, 0.6) is 11.5 Å². The predicted molar refractivity (Wildman–Crippen MR) is 90.8 cm³/mol. The molecule has 2 aromatic rings. The molecule has 0 bridgehead atoms. The van der Waals surface area contributed by atoms with E-state index < -0.39 is 0 Å². The number of nitriles is 1. The summed E-state index contributed by atoms with van der Waals surface area (Å²) < 4.78 is 24.1. The predicted octanol–water partition coefficient (Wildman–Crippen LogP) is 3.10. The third-order valence-electron chi connectivity index (χ3n) is 3.44. The number of nitrogens with one attached hydrogen (secondary N) is 1. The van der Waals surface area contributed by atoms with Crippen molar-refractivity contribution in [1.29, 1.82) is 5.26 Å². The van der Waals surface area contributed by atoms with Gasteiger partial charge in [-0.25, -0.2) is 4.39 Å². The van der Waals surface area contributed by atoms with Crippen LogP contribution in [-0.2, 0) is 11.3 Å². The molecule has 1 N–H and O–H groups in total. The number of hydrogen-bond donors (Lipinski definition) is 1. The zero-order chi connectivity index (χ0) is 18.2. The highest BCUT2D eigenvalue weighted by molar-refractivity contribution is 5.77. The van der Waals surface area contributed by atoms with Crippen LogP contribution in [0, 0.1) is 24.1 Å². The average Bonchev–Trinajstić information content (AvgIpc) is 2.61. The van der Waals surface area contributed by atoms with E-state index in [1.807, 2.05) is 13.0 Å². The molecule has 0 aliphatic heterocycles. The molecule has 0 aromatic heterocycles. The lowest BCUT2D eigenvalue weighted by molar-refractivity contribution is -0.123. The molecule has 25 heavy (non-hydrogen) atoms. The molecule has 2 rings (SSSR count). The lowest BCUT2D eigenvalue weighted by Gasteiger charge is -2.12. The molecule has 0 aliphatic carbocycles. The first kappa shape index (κ1) is 18.3. The molecule has 130 valence electrons. The molecule has 5 nitrogen and oxygen atoms in total. The van der Waals surface area contributed by atoms with Gasteiger partial charge in [0, 0.05) is 12.6 Å². The molecular weight excluding hydrogens is 323 g/mol. The number of rotatable bonds is 7. The number of carbonyl (C=O) groups is 1. The topological polar surface area (TPSA) is 71.3 Å². The lowest BCUT2D eigenvalue weighted by Crippen LogP contribution is -2.28. The molecule has 6 heteroatoms. The number of carbonyl (C=O) groups excluding carboxylic acids is 1. The molecule has 2 aromatic carbocycles. The molecule has 0 radical (unpaired) electrons. The lowest BCUT2D eigenvalue weighted by atomic mass is 10.1. The maximum Gasteiger partial charge on any atom is 0.258 e. The monoisotopic (exact) mass is 342 g/mol. The van der Waals surface area contributed by atoms with Crippen molar-refractivity contribution in [3.05, 3.63) is 58.9 Å². The Morgan fingerprint density at radius 3 is 2.68 bits per heavy atom. The maximum absolute atomic E-state index is 13.2. The van der Waals surface area contributed by atoms with Gasteiger partial charge in [0.1, 0.15) is 5.82 Å². The number of amides is 1. The highest BCUT2D eigenvalue weighted by Gasteiger charge is 2.09. The van der Waals surface area contributed by atoms with Crippen LogP contribution in [0.15, 0.2) is 36.4 Å². The molecule has 0 heterocycles. The van der Waals surface area contributed by atoms with E-state index >= 15 is 0 Å². The largest absolute Gasteiger partial charge is 0.490 e. The molecular formula is C19H19FN2O3. The van der Waals surface area contributed by atoms with Crippen molar-refractivity contribution in [3.8, 4) is 17.6 Å². The fourth-order valence-corrected chi connectivity index (χ4v) is 2.18. The van der Waals surface area contributed by atoms with Crippen LogP contribution in [0.3, 0.4) is 0 Å². The second kappa shape index (κ2) is 8.69. The summed E-state index contributed by atoms with van der Waals surface area (Å²) in [5.74, 6) is 0.230. The number of benzene rings is 2. The first-order chi connectivity index (χ1) is 12.0. The van der Waals surface area contributed by atoms with Gasteiger partial charge in [-0.1, -0.05) is 12.1 Å². The van der Waals surface area contributed by atoms with Crippen LogP contribution >= 0.6 is 0 Å². The number of halogens is 1. The number of hydrogen-bond acceptors (Lipinski definition) is 4. The van der Waals surface area contributed by atoms with Gasteiger partial charge >= 0.3 is 0 Å². The molecule has 0 fully saturated rings. The SMILES string of the molecule is CCOc1cc(C#N)ccc1OCC(=O)NCc1ccc(F)c(C)c1. The number of ether oxygens (including phenoxy) is 2. The standard InChI is InChI=1S/C19H19FN2O3/c1-3-24-18-9-14(10-21)5-7-17(18)25-12-19(23)22-11-15-4-6-16(20)13(2)8-15/h4-9H,3,11-12H2,1-2H3,(H,22,23). The first-order valence-corrected chi connectivity index (χ1v) is 7.85. The van der Waals surface area contributed by atoms with Gasteiger partial charge in [0.2, 0.25) is 0 Å². The summed E-state index contributed by atoms with van der Waals surface area (Å²) in [5.41, 5.74) is 1.79. The van der Waals surface area contributed by atoms with E-state index in [0.29, 0.717) is 29.2 Å². The van der Waals surface area contributed by atoms with Crippen LogP contribution in [0.25, 0.3) is 0 Å². The Kier molecular flexibility index (Phi) is 6.35. The molecule has 0 aliphatic rings. The van der Waals surface area contributed by atoms with Gasteiger partial charge in [0.05, 0.1) is 18.2 Å². The van der Waals surface area contributed by atoms with Crippen molar-refractivity contribution in [2.24, 2.45) is 0 Å². The minimum absolute atomic E-state index is 0.188. The van der Waals surface area contributed by atoms with E-state index in [1.54, 1.807) is 37.3 Å². The highest BCUT2D eigenvalue weighted by Crippen LogP contribution is 2.28. The Morgan fingerprint density at radius 1 is 1.20 bits per heavy atom. The minimum atomic E-state index is -0.311. The van der Waals surface area contributed by atoms with Crippen LogP contribution in [0.4, 0.5) is 4.39 Å². The van der Waals surface area contributed by atoms with Gasteiger partial charge in [-0.3, -0.25) is 4.79 Å². The third-order valence-corrected chi connectivity index (χ3v) is 3.44. The van der Waals surface area contributed by atoms with Crippen molar-refractivity contribution >= 4 is 5.91 Å². The zero-order valence-electron chi connectivity index (χ0n) is 14.1. The van der Waals surface area contributed by atoms with Gasteiger partial charge < -0.3 is 14.8 Å².